The Morgan fingerprint density at radius 2 is 1.79 bits per heavy atom. The minimum absolute atomic E-state index is 0.245. The number of aryl methyl sites for hydroxylation is 1. The van der Waals surface area contributed by atoms with E-state index in [0.29, 0.717) is 11.4 Å². The van der Waals surface area contributed by atoms with E-state index in [-0.39, 0.29) is 5.75 Å². The van der Waals surface area contributed by atoms with E-state index in [1.54, 1.807) is 48.5 Å². The Bertz CT molecular complexity index is 670. The van der Waals surface area contributed by atoms with Crippen LogP contribution < -0.4 is 14.6 Å². The van der Waals surface area contributed by atoms with Crippen LogP contribution in [0.15, 0.2) is 48.5 Å². The Morgan fingerprint density at radius 3 is 2.42 bits per heavy atom. The van der Waals surface area contributed by atoms with Gasteiger partial charge in [0.05, 0.1) is 5.69 Å². The van der Waals surface area contributed by atoms with Gasteiger partial charge in [-0.05, 0) is 36.8 Å². The van der Waals surface area contributed by atoms with Gasteiger partial charge in [-0.25, -0.2) is 0 Å². The molecular weight excluding hydrogens is 264 g/mol. The van der Waals surface area contributed by atoms with Crippen LogP contribution in [0.4, 0.5) is 11.4 Å². The Balaban J connectivity index is 2.15. The van der Waals surface area contributed by atoms with Crippen molar-refractivity contribution in [2.75, 3.05) is 10.5 Å². The fraction of sp³-hybridized carbons (Fsp3) is 0.0769. The van der Waals surface area contributed by atoms with Crippen LogP contribution in [0.5, 0.6) is 5.75 Å². The van der Waals surface area contributed by atoms with Crippen molar-refractivity contribution in [3.63, 3.8) is 0 Å². The van der Waals surface area contributed by atoms with Crippen molar-refractivity contribution in [3.8, 4) is 5.75 Å². The molecule has 0 unspecified atom stereocenters. The molecular formula is C13H14N2O3S. The average Bonchev–Trinajstić information content (AvgIpc) is 2.34. The predicted octanol–water partition coefficient (Wildman–Crippen LogP) is 2.31. The van der Waals surface area contributed by atoms with E-state index in [4.69, 9.17) is 9.92 Å². The first kappa shape index (κ1) is 13.2. The van der Waals surface area contributed by atoms with Gasteiger partial charge in [-0.15, -0.1) is 0 Å². The van der Waals surface area contributed by atoms with E-state index < -0.39 is 10.3 Å². The van der Waals surface area contributed by atoms with E-state index in [0.717, 1.165) is 5.56 Å². The summed E-state index contributed by atoms with van der Waals surface area (Å²) in [5.41, 5.74) is 7.47. The third kappa shape index (κ3) is 3.62. The van der Waals surface area contributed by atoms with Crippen molar-refractivity contribution >= 4 is 21.7 Å². The lowest BCUT2D eigenvalue weighted by Crippen LogP contribution is -2.19. The highest BCUT2D eigenvalue weighted by molar-refractivity contribution is 7.88. The number of para-hydroxylation sites is 1. The Hall–Kier alpha value is -2.21. The van der Waals surface area contributed by atoms with Gasteiger partial charge in [-0.1, -0.05) is 24.3 Å². The SMILES string of the molecule is Cc1ccc(NS(=O)(=O)Oc2ccccc2)cc1N. The lowest BCUT2D eigenvalue weighted by Gasteiger charge is -2.10. The maximum absolute atomic E-state index is 11.8. The molecule has 2 aromatic carbocycles. The molecule has 0 aliphatic heterocycles. The zero-order chi connectivity index (χ0) is 13.9. The number of hydrogen-bond donors (Lipinski definition) is 2. The molecule has 19 heavy (non-hydrogen) atoms. The van der Waals surface area contributed by atoms with E-state index in [9.17, 15) is 8.42 Å². The molecule has 0 aliphatic carbocycles. The molecule has 2 rings (SSSR count). The molecule has 0 amide bonds. The number of rotatable bonds is 4. The summed E-state index contributed by atoms with van der Waals surface area (Å²) in [6.45, 7) is 1.84. The standard InChI is InChI=1S/C13H14N2O3S/c1-10-7-8-11(9-13(10)14)15-19(16,17)18-12-5-3-2-4-6-12/h2-9,15H,14H2,1H3. The summed E-state index contributed by atoms with van der Waals surface area (Å²) in [4.78, 5) is 0. The molecule has 0 aromatic heterocycles. The van der Waals surface area contributed by atoms with Crippen molar-refractivity contribution in [1.29, 1.82) is 0 Å². The topological polar surface area (TPSA) is 81.4 Å². The number of hydrogen-bond acceptors (Lipinski definition) is 4. The van der Waals surface area contributed by atoms with Crippen LogP contribution in [-0.2, 0) is 10.3 Å². The molecule has 5 nitrogen and oxygen atoms in total. The summed E-state index contributed by atoms with van der Waals surface area (Å²) in [5, 5.41) is 0. The summed E-state index contributed by atoms with van der Waals surface area (Å²) in [7, 11) is -3.92. The van der Waals surface area contributed by atoms with Crippen LogP contribution >= 0.6 is 0 Å². The molecule has 0 aliphatic rings. The summed E-state index contributed by atoms with van der Waals surface area (Å²) in [6.07, 6.45) is 0. The fourth-order valence-corrected chi connectivity index (χ4v) is 2.29. The average molecular weight is 278 g/mol. The molecule has 2 aromatic rings. The quantitative estimate of drug-likeness (QED) is 0.841. The highest BCUT2D eigenvalue weighted by atomic mass is 32.2. The second-order valence-corrected chi connectivity index (χ2v) is 5.30. The molecule has 0 heterocycles. The first-order valence-corrected chi connectivity index (χ1v) is 7.00. The Morgan fingerprint density at radius 1 is 1.11 bits per heavy atom. The minimum Gasteiger partial charge on any atom is -0.398 e. The second kappa shape index (κ2) is 5.19. The van der Waals surface area contributed by atoms with Gasteiger partial charge in [0.15, 0.2) is 0 Å². The van der Waals surface area contributed by atoms with E-state index >= 15 is 0 Å². The first-order chi connectivity index (χ1) is 8.96. The molecule has 6 heteroatoms. The molecule has 0 bridgehead atoms. The highest BCUT2D eigenvalue weighted by Crippen LogP contribution is 2.19. The monoisotopic (exact) mass is 278 g/mol. The van der Waals surface area contributed by atoms with Crippen LogP contribution in [0.3, 0.4) is 0 Å². The maximum Gasteiger partial charge on any atom is 0.407 e. The zero-order valence-corrected chi connectivity index (χ0v) is 11.1. The predicted molar refractivity (Wildman–Crippen MR) is 75.2 cm³/mol. The van der Waals surface area contributed by atoms with Gasteiger partial charge in [0, 0.05) is 5.69 Å². The van der Waals surface area contributed by atoms with Crippen LogP contribution in [-0.4, -0.2) is 8.42 Å². The van der Waals surface area contributed by atoms with Gasteiger partial charge in [0.25, 0.3) is 0 Å². The molecule has 0 fully saturated rings. The van der Waals surface area contributed by atoms with Crippen LogP contribution in [0, 0.1) is 6.92 Å². The molecule has 100 valence electrons. The van der Waals surface area contributed by atoms with Crippen molar-refractivity contribution in [2.45, 2.75) is 6.92 Å². The number of benzene rings is 2. The van der Waals surface area contributed by atoms with Crippen LogP contribution in [0.25, 0.3) is 0 Å². The molecule has 3 N–H and O–H groups in total. The third-order valence-corrected chi connectivity index (χ3v) is 3.37. The minimum atomic E-state index is -3.92. The normalized spacial score (nSPS) is 11.0. The van der Waals surface area contributed by atoms with Crippen molar-refractivity contribution in [2.24, 2.45) is 0 Å². The van der Waals surface area contributed by atoms with E-state index in [1.807, 2.05) is 6.92 Å². The lowest BCUT2D eigenvalue weighted by molar-refractivity contribution is 0.492. The summed E-state index contributed by atoms with van der Waals surface area (Å²) < 4.78 is 30.8. The summed E-state index contributed by atoms with van der Waals surface area (Å²) >= 11 is 0. The van der Waals surface area contributed by atoms with Crippen molar-refractivity contribution in [3.05, 3.63) is 54.1 Å². The number of nitrogen functional groups attached to an aromatic ring is 1. The zero-order valence-electron chi connectivity index (χ0n) is 10.3. The Kier molecular flexibility index (Phi) is 3.62. The fourth-order valence-electron chi connectivity index (χ4n) is 1.47. The van der Waals surface area contributed by atoms with Crippen molar-refractivity contribution < 1.29 is 12.6 Å². The van der Waals surface area contributed by atoms with Gasteiger partial charge in [-0.2, -0.15) is 8.42 Å². The highest BCUT2D eigenvalue weighted by Gasteiger charge is 2.12. The van der Waals surface area contributed by atoms with Gasteiger partial charge in [0.1, 0.15) is 5.75 Å². The van der Waals surface area contributed by atoms with Gasteiger partial charge in [0.2, 0.25) is 0 Å². The van der Waals surface area contributed by atoms with Crippen LogP contribution in [0.2, 0.25) is 0 Å². The largest absolute Gasteiger partial charge is 0.407 e. The van der Waals surface area contributed by atoms with Crippen LogP contribution in [0.1, 0.15) is 5.56 Å². The summed E-state index contributed by atoms with van der Waals surface area (Å²) in [6, 6.07) is 13.2. The van der Waals surface area contributed by atoms with Gasteiger partial charge in [-0.3, -0.25) is 4.72 Å². The van der Waals surface area contributed by atoms with E-state index in [2.05, 4.69) is 4.72 Å². The van der Waals surface area contributed by atoms with Gasteiger partial charge >= 0.3 is 10.3 Å². The first-order valence-electron chi connectivity index (χ1n) is 5.60. The smallest absolute Gasteiger partial charge is 0.398 e. The molecule has 0 radical (unpaired) electrons. The lowest BCUT2D eigenvalue weighted by atomic mass is 10.2. The third-order valence-electron chi connectivity index (χ3n) is 2.47. The Labute approximate surface area is 112 Å². The molecule has 0 saturated carbocycles. The van der Waals surface area contributed by atoms with Crippen molar-refractivity contribution in [1.82, 2.24) is 0 Å². The summed E-state index contributed by atoms with van der Waals surface area (Å²) in [5.74, 6) is 0.245. The maximum atomic E-state index is 11.8. The molecule has 0 saturated heterocycles. The number of anilines is 2. The number of nitrogens with two attached hydrogens (primary N) is 1. The van der Waals surface area contributed by atoms with Gasteiger partial charge < -0.3 is 9.92 Å². The molecule has 0 atom stereocenters. The molecule has 0 spiro atoms. The number of nitrogens with one attached hydrogen (secondary N) is 1. The van der Waals surface area contributed by atoms with E-state index in [1.165, 1.54) is 0 Å². The second-order valence-electron chi connectivity index (χ2n) is 4.02.